The van der Waals surface area contributed by atoms with Gasteiger partial charge in [0.2, 0.25) is 0 Å². The van der Waals surface area contributed by atoms with E-state index in [1.807, 2.05) is 68.7 Å². The molecule has 0 aliphatic carbocycles. The summed E-state index contributed by atoms with van der Waals surface area (Å²) in [7, 11) is 4.08. The van der Waals surface area contributed by atoms with Gasteiger partial charge in [-0.1, -0.05) is 53.8 Å². The summed E-state index contributed by atoms with van der Waals surface area (Å²) in [6.07, 6.45) is 0.847. The van der Waals surface area contributed by atoms with Crippen molar-refractivity contribution in [2.75, 3.05) is 45.3 Å². The van der Waals surface area contributed by atoms with Crippen molar-refractivity contribution in [1.29, 1.82) is 0 Å². The Morgan fingerprint density at radius 1 is 0.912 bits per heavy atom. The molecule has 7 heteroatoms. The summed E-state index contributed by atoms with van der Waals surface area (Å²) in [5.74, 6) is 1.39. The number of ether oxygens (including phenoxy) is 2. The summed E-state index contributed by atoms with van der Waals surface area (Å²) in [6.45, 7) is 2.55. The lowest BCUT2D eigenvalue weighted by molar-refractivity contribution is 0.0986. The molecule has 174 valence electrons. The normalized spacial score (nSPS) is 12.8. The van der Waals surface area contributed by atoms with Crippen molar-refractivity contribution >= 4 is 32.6 Å². The molecule has 34 heavy (non-hydrogen) atoms. The van der Waals surface area contributed by atoms with Gasteiger partial charge >= 0.3 is 0 Å². The molecule has 0 N–H and O–H groups in total. The summed E-state index contributed by atoms with van der Waals surface area (Å²) in [6, 6.07) is 21.8. The monoisotopic (exact) mass is 473 g/mol. The van der Waals surface area contributed by atoms with E-state index in [4.69, 9.17) is 14.5 Å². The van der Waals surface area contributed by atoms with Crippen molar-refractivity contribution in [3.05, 3.63) is 72.3 Å². The first-order valence-corrected chi connectivity index (χ1v) is 12.2. The zero-order valence-electron chi connectivity index (χ0n) is 19.4. The van der Waals surface area contributed by atoms with Crippen LogP contribution in [0.4, 0.5) is 5.13 Å². The second-order valence-electron chi connectivity index (χ2n) is 8.52. The molecule has 0 unspecified atom stereocenters. The second kappa shape index (κ2) is 9.83. The maximum Gasteiger partial charge on any atom is 0.260 e. The molecule has 6 nitrogen and oxygen atoms in total. The molecule has 1 aliphatic rings. The van der Waals surface area contributed by atoms with Crippen molar-refractivity contribution in [2.45, 2.75) is 6.42 Å². The molecule has 1 aliphatic heterocycles. The van der Waals surface area contributed by atoms with Crippen LogP contribution >= 0.6 is 11.3 Å². The maximum absolute atomic E-state index is 13.6. The summed E-state index contributed by atoms with van der Waals surface area (Å²) in [5, 5.41) is 0.688. The third-order valence-electron chi connectivity index (χ3n) is 5.74. The molecular formula is C27H27N3O3S. The lowest BCUT2D eigenvalue weighted by atomic mass is 10.0. The van der Waals surface area contributed by atoms with E-state index < -0.39 is 0 Å². The van der Waals surface area contributed by atoms with E-state index >= 15 is 0 Å². The largest absolute Gasteiger partial charge is 0.486 e. The topological polar surface area (TPSA) is 54.9 Å². The fraction of sp³-hybridized carbons (Fsp3) is 0.259. The van der Waals surface area contributed by atoms with Gasteiger partial charge < -0.3 is 14.4 Å². The third-order valence-corrected chi connectivity index (χ3v) is 6.78. The minimum Gasteiger partial charge on any atom is -0.486 e. The van der Waals surface area contributed by atoms with E-state index in [2.05, 4.69) is 17.0 Å². The first kappa shape index (κ1) is 22.4. The lowest BCUT2D eigenvalue weighted by Gasteiger charge is -2.21. The Bertz CT molecular complexity index is 1240. The predicted octanol–water partition coefficient (Wildman–Crippen LogP) is 5.33. The molecule has 2 heterocycles. The van der Waals surface area contributed by atoms with E-state index in [0.29, 0.717) is 36.2 Å². The van der Waals surface area contributed by atoms with Crippen molar-refractivity contribution in [2.24, 2.45) is 0 Å². The quantitative estimate of drug-likeness (QED) is 0.363. The third kappa shape index (κ3) is 4.76. The SMILES string of the molecule is CN(C)CCCN(C(=O)c1ccc(-c2ccccc2)cc1)c1nc2cc3c(cc2s1)OCCO3. The fourth-order valence-corrected chi connectivity index (χ4v) is 4.99. The number of amides is 1. The summed E-state index contributed by atoms with van der Waals surface area (Å²) in [5.41, 5.74) is 3.68. The first-order chi connectivity index (χ1) is 16.6. The van der Waals surface area contributed by atoms with E-state index in [1.54, 1.807) is 4.90 Å². The number of benzene rings is 3. The molecule has 4 aromatic rings. The van der Waals surface area contributed by atoms with Gasteiger partial charge in [0.15, 0.2) is 16.6 Å². The molecule has 0 spiro atoms. The number of thiazole rings is 1. The van der Waals surface area contributed by atoms with Gasteiger partial charge in [0.05, 0.1) is 10.2 Å². The Morgan fingerprint density at radius 3 is 2.29 bits per heavy atom. The number of fused-ring (bicyclic) bond motifs is 2. The molecule has 0 saturated carbocycles. The van der Waals surface area contributed by atoms with E-state index in [0.717, 1.165) is 40.1 Å². The van der Waals surface area contributed by atoms with Crippen LogP contribution in [0.1, 0.15) is 16.8 Å². The second-order valence-corrected chi connectivity index (χ2v) is 9.53. The Kier molecular flexibility index (Phi) is 6.47. The van der Waals surface area contributed by atoms with Gasteiger partial charge in [-0.25, -0.2) is 4.98 Å². The lowest BCUT2D eigenvalue weighted by Crippen LogP contribution is -2.33. The number of rotatable bonds is 7. The number of nitrogens with zero attached hydrogens (tertiary/aromatic N) is 3. The molecule has 0 atom stereocenters. The van der Waals surface area contributed by atoms with Crippen LogP contribution < -0.4 is 14.4 Å². The standard InChI is InChI=1S/C27H27N3O3S/c1-29(2)13-6-14-30(26(31)21-11-9-20(10-12-21)19-7-4-3-5-8-19)27-28-22-17-23-24(18-25(22)34-27)33-16-15-32-23/h3-5,7-12,17-18H,6,13-16H2,1-2H3. The van der Waals surface area contributed by atoms with Gasteiger partial charge in [-0.3, -0.25) is 9.69 Å². The molecule has 0 bridgehead atoms. The van der Waals surface area contributed by atoms with E-state index in [-0.39, 0.29) is 5.91 Å². The Hall–Kier alpha value is -3.42. The number of aromatic nitrogens is 1. The minimum atomic E-state index is -0.0466. The summed E-state index contributed by atoms with van der Waals surface area (Å²) >= 11 is 1.50. The highest BCUT2D eigenvalue weighted by molar-refractivity contribution is 7.22. The van der Waals surface area contributed by atoms with Crippen LogP contribution in [-0.4, -0.2) is 56.2 Å². The zero-order chi connectivity index (χ0) is 23.5. The number of carbonyl (C=O) groups excluding carboxylic acids is 1. The molecule has 5 rings (SSSR count). The average Bonchev–Trinajstić information content (AvgIpc) is 3.27. The van der Waals surface area contributed by atoms with Crippen molar-refractivity contribution < 1.29 is 14.3 Å². The average molecular weight is 474 g/mol. The molecule has 1 aromatic heterocycles. The van der Waals surface area contributed by atoms with Crippen molar-refractivity contribution in [3.63, 3.8) is 0 Å². The Labute approximate surface area is 203 Å². The van der Waals surface area contributed by atoms with Crippen LogP contribution in [-0.2, 0) is 0 Å². The Balaban J connectivity index is 1.45. The molecule has 0 saturated heterocycles. The highest BCUT2D eigenvalue weighted by atomic mass is 32.1. The van der Waals surface area contributed by atoms with E-state index in [9.17, 15) is 4.79 Å². The molecule has 0 radical (unpaired) electrons. The molecular weight excluding hydrogens is 446 g/mol. The van der Waals surface area contributed by atoms with Gasteiger partial charge in [0.25, 0.3) is 5.91 Å². The summed E-state index contributed by atoms with van der Waals surface area (Å²) < 4.78 is 12.4. The van der Waals surface area contributed by atoms with Crippen LogP contribution in [0.3, 0.4) is 0 Å². The maximum atomic E-state index is 13.6. The minimum absolute atomic E-state index is 0.0466. The number of hydrogen-bond donors (Lipinski definition) is 0. The van der Waals surface area contributed by atoms with Crippen LogP contribution in [0.2, 0.25) is 0 Å². The van der Waals surface area contributed by atoms with Crippen molar-refractivity contribution in [3.8, 4) is 22.6 Å². The Morgan fingerprint density at radius 2 is 1.59 bits per heavy atom. The smallest absolute Gasteiger partial charge is 0.260 e. The highest BCUT2D eigenvalue weighted by Gasteiger charge is 2.23. The number of anilines is 1. The first-order valence-electron chi connectivity index (χ1n) is 11.4. The number of hydrogen-bond acceptors (Lipinski definition) is 6. The van der Waals surface area contributed by atoms with Crippen LogP contribution in [0, 0.1) is 0 Å². The van der Waals surface area contributed by atoms with Crippen LogP contribution in [0.15, 0.2) is 66.7 Å². The predicted molar refractivity (Wildman–Crippen MR) is 137 cm³/mol. The fourth-order valence-electron chi connectivity index (χ4n) is 3.99. The summed E-state index contributed by atoms with van der Waals surface area (Å²) in [4.78, 5) is 22.4. The van der Waals surface area contributed by atoms with Gasteiger partial charge in [0.1, 0.15) is 13.2 Å². The van der Waals surface area contributed by atoms with Gasteiger partial charge in [-0.05, 0) is 50.3 Å². The highest BCUT2D eigenvalue weighted by Crippen LogP contribution is 2.39. The van der Waals surface area contributed by atoms with E-state index in [1.165, 1.54) is 11.3 Å². The van der Waals surface area contributed by atoms with Gasteiger partial charge in [0, 0.05) is 24.2 Å². The molecule has 0 fully saturated rings. The van der Waals surface area contributed by atoms with Gasteiger partial charge in [-0.2, -0.15) is 0 Å². The van der Waals surface area contributed by atoms with Crippen LogP contribution in [0.25, 0.3) is 21.3 Å². The van der Waals surface area contributed by atoms with Gasteiger partial charge in [-0.15, -0.1) is 0 Å². The zero-order valence-corrected chi connectivity index (χ0v) is 20.2. The molecule has 3 aromatic carbocycles. The molecule has 1 amide bonds. The van der Waals surface area contributed by atoms with Crippen molar-refractivity contribution in [1.82, 2.24) is 9.88 Å². The van der Waals surface area contributed by atoms with Crippen LogP contribution in [0.5, 0.6) is 11.5 Å². The number of carbonyl (C=O) groups is 1.